The summed E-state index contributed by atoms with van der Waals surface area (Å²) in [5.74, 6) is -1.38. The number of aromatic carboxylic acids is 1. The number of hydrogen-bond acceptors (Lipinski definition) is 3. The van der Waals surface area contributed by atoms with Crippen molar-refractivity contribution in [1.29, 1.82) is 0 Å². The van der Waals surface area contributed by atoms with Crippen molar-refractivity contribution in [3.05, 3.63) is 35.4 Å². The second kappa shape index (κ2) is 8.35. The maximum atomic E-state index is 12.0. The van der Waals surface area contributed by atoms with Crippen molar-refractivity contribution in [3.63, 3.8) is 0 Å². The normalized spacial score (nSPS) is 11.9. The lowest BCUT2D eigenvalue weighted by Gasteiger charge is -2.17. The monoisotopic (exact) mass is 278 g/mol. The van der Waals surface area contributed by atoms with Crippen molar-refractivity contribution >= 4 is 11.9 Å². The Morgan fingerprint density at radius 2 is 1.65 bits per heavy atom. The van der Waals surface area contributed by atoms with Gasteiger partial charge < -0.3 is 9.84 Å². The maximum absolute atomic E-state index is 12.0. The van der Waals surface area contributed by atoms with Gasteiger partial charge in [-0.3, -0.25) is 0 Å². The minimum atomic E-state index is -1.00. The third-order valence-corrected chi connectivity index (χ3v) is 3.13. The van der Waals surface area contributed by atoms with E-state index in [1.165, 1.54) is 24.3 Å². The van der Waals surface area contributed by atoms with Crippen LogP contribution in [0.15, 0.2) is 24.3 Å². The zero-order valence-electron chi connectivity index (χ0n) is 12.1. The summed E-state index contributed by atoms with van der Waals surface area (Å²) in [6.45, 7) is 4.17. The van der Waals surface area contributed by atoms with E-state index in [4.69, 9.17) is 9.84 Å². The molecule has 1 aromatic rings. The van der Waals surface area contributed by atoms with Crippen molar-refractivity contribution in [2.75, 3.05) is 0 Å². The number of hydrogen-bond donors (Lipinski definition) is 1. The summed E-state index contributed by atoms with van der Waals surface area (Å²) in [5, 5.41) is 8.81. The topological polar surface area (TPSA) is 63.6 Å². The first-order chi connectivity index (χ1) is 9.58. The molecule has 0 heterocycles. The van der Waals surface area contributed by atoms with Gasteiger partial charge in [0.25, 0.3) is 0 Å². The fourth-order valence-electron chi connectivity index (χ4n) is 1.98. The molecule has 110 valence electrons. The molecule has 4 nitrogen and oxygen atoms in total. The van der Waals surface area contributed by atoms with E-state index in [1.807, 2.05) is 0 Å². The Labute approximate surface area is 119 Å². The number of unbranched alkanes of at least 4 members (excludes halogenated alkanes) is 1. The minimum Gasteiger partial charge on any atom is -0.478 e. The van der Waals surface area contributed by atoms with Gasteiger partial charge in [-0.15, -0.1) is 0 Å². The van der Waals surface area contributed by atoms with Gasteiger partial charge >= 0.3 is 11.9 Å². The van der Waals surface area contributed by atoms with Crippen molar-refractivity contribution in [2.24, 2.45) is 0 Å². The molecule has 0 amide bonds. The average molecular weight is 278 g/mol. The van der Waals surface area contributed by atoms with E-state index < -0.39 is 5.97 Å². The first kappa shape index (κ1) is 16.2. The number of carbonyl (C=O) groups is 2. The van der Waals surface area contributed by atoms with Crippen LogP contribution in [0.3, 0.4) is 0 Å². The van der Waals surface area contributed by atoms with Crippen molar-refractivity contribution in [3.8, 4) is 0 Å². The molecular formula is C16H22O4. The van der Waals surface area contributed by atoms with E-state index in [0.29, 0.717) is 5.56 Å². The van der Waals surface area contributed by atoms with Crippen molar-refractivity contribution in [2.45, 2.75) is 52.1 Å². The van der Waals surface area contributed by atoms with Crippen LogP contribution >= 0.6 is 0 Å². The van der Waals surface area contributed by atoms with E-state index in [0.717, 1.165) is 32.1 Å². The van der Waals surface area contributed by atoms with Crippen LogP contribution < -0.4 is 0 Å². The minimum absolute atomic E-state index is 0.0494. The van der Waals surface area contributed by atoms with Gasteiger partial charge in [0.05, 0.1) is 11.1 Å². The van der Waals surface area contributed by atoms with Gasteiger partial charge in [-0.2, -0.15) is 0 Å². The summed E-state index contributed by atoms with van der Waals surface area (Å²) in [7, 11) is 0. The van der Waals surface area contributed by atoms with Crippen LogP contribution in [0.25, 0.3) is 0 Å². The molecule has 1 aromatic carbocycles. The fraction of sp³-hybridized carbons (Fsp3) is 0.500. The molecule has 1 unspecified atom stereocenters. The van der Waals surface area contributed by atoms with Crippen LogP contribution in [-0.2, 0) is 4.74 Å². The molecule has 0 bridgehead atoms. The summed E-state index contributed by atoms with van der Waals surface area (Å²) in [5.41, 5.74) is 0.560. The van der Waals surface area contributed by atoms with E-state index in [-0.39, 0.29) is 17.6 Å². The second-order valence-corrected chi connectivity index (χ2v) is 4.84. The van der Waals surface area contributed by atoms with Crippen LogP contribution in [0.2, 0.25) is 0 Å². The lowest BCUT2D eigenvalue weighted by Crippen LogP contribution is -2.18. The molecule has 0 aliphatic carbocycles. The lowest BCUT2D eigenvalue weighted by atomic mass is 10.1. The fourth-order valence-corrected chi connectivity index (χ4v) is 1.98. The van der Waals surface area contributed by atoms with Crippen LogP contribution in [0, 0.1) is 0 Å². The summed E-state index contributed by atoms with van der Waals surface area (Å²) >= 11 is 0. The third kappa shape index (κ3) is 5.03. The highest BCUT2D eigenvalue weighted by atomic mass is 16.5. The summed E-state index contributed by atoms with van der Waals surface area (Å²) in [4.78, 5) is 22.8. The SMILES string of the molecule is CCCCC(CCC)OC(=O)c1ccc(C(=O)O)cc1. The number of ether oxygens (including phenoxy) is 1. The van der Waals surface area contributed by atoms with E-state index in [2.05, 4.69) is 13.8 Å². The lowest BCUT2D eigenvalue weighted by molar-refractivity contribution is 0.0254. The molecule has 1 N–H and O–H groups in total. The molecule has 0 spiro atoms. The maximum Gasteiger partial charge on any atom is 0.338 e. The standard InChI is InChI=1S/C16H22O4/c1-3-5-7-14(6-4-2)20-16(19)13-10-8-12(9-11-13)15(17)18/h8-11,14H,3-7H2,1-2H3,(H,17,18). The zero-order chi connectivity index (χ0) is 15.0. The van der Waals surface area contributed by atoms with Gasteiger partial charge in [0.2, 0.25) is 0 Å². The average Bonchev–Trinajstić information content (AvgIpc) is 2.45. The molecule has 4 heteroatoms. The van der Waals surface area contributed by atoms with Gasteiger partial charge in [0.15, 0.2) is 0 Å². The van der Waals surface area contributed by atoms with Crippen LogP contribution in [0.4, 0.5) is 0 Å². The number of carboxylic acids is 1. The Kier molecular flexibility index (Phi) is 6.77. The number of benzene rings is 1. The third-order valence-electron chi connectivity index (χ3n) is 3.13. The molecule has 20 heavy (non-hydrogen) atoms. The summed E-state index contributed by atoms with van der Waals surface area (Å²) in [6.07, 6.45) is 4.77. The van der Waals surface area contributed by atoms with Crippen LogP contribution in [0.5, 0.6) is 0 Å². The van der Waals surface area contributed by atoms with Crippen LogP contribution in [-0.4, -0.2) is 23.1 Å². The van der Waals surface area contributed by atoms with Gasteiger partial charge in [-0.25, -0.2) is 9.59 Å². The molecule has 0 radical (unpaired) electrons. The molecule has 1 atom stereocenters. The Balaban J connectivity index is 2.65. The highest BCUT2D eigenvalue weighted by Crippen LogP contribution is 2.14. The smallest absolute Gasteiger partial charge is 0.338 e. The van der Waals surface area contributed by atoms with Crippen molar-refractivity contribution in [1.82, 2.24) is 0 Å². The predicted octanol–water partition coefficient (Wildman–Crippen LogP) is 3.90. The highest BCUT2D eigenvalue weighted by molar-refractivity contribution is 5.92. The Morgan fingerprint density at radius 1 is 1.05 bits per heavy atom. The highest BCUT2D eigenvalue weighted by Gasteiger charge is 2.15. The number of carboxylic acid groups (broad SMARTS) is 1. The van der Waals surface area contributed by atoms with E-state index in [9.17, 15) is 9.59 Å². The number of esters is 1. The quantitative estimate of drug-likeness (QED) is 0.732. The zero-order valence-corrected chi connectivity index (χ0v) is 12.1. The number of rotatable bonds is 8. The number of carbonyl (C=O) groups excluding carboxylic acids is 1. The molecular weight excluding hydrogens is 256 g/mol. The van der Waals surface area contributed by atoms with E-state index in [1.54, 1.807) is 0 Å². The van der Waals surface area contributed by atoms with Gasteiger partial charge in [-0.1, -0.05) is 33.1 Å². The molecule has 0 aliphatic rings. The molecule has 0 aliphatic heterocycles. The Bertz CT molecular complexity index is 436. The predicted molar refractivity (Wildman–Crippen MR) is 77.0 cm³/mol. The Morgan fingerprint density at radius 3 is 2.15 bits per heavy atom. The molecule has 0 saturated heterocycles. The van der Waals surface area contributed by atoms with Gasteiger partial charge in [0, 0.05) is 0 Å². The summed E-state index contributed by atoms with van der Waals surface area (Å²) < 4.78 is 5.49. The molecule has 0 saturated carbocycles. The largest absolute Gasteiger partial charge is 0.478 e. The van der Waals surface area contributed by atoms with Gasteiger partial charge in [-0.05, 0) is 37.1 Å². The van der Waals surface area contributed by atoms with E-state index >= 15 is 0 Å². The van der Waals surface area contributed by atoms with Crippen LogP contribution in [0.1, 0.15) is 66.7 Å². The second-order valence-electron chi connectivity index (χ2n) is 4.84. The summed E-state index contributed by atoms with van der Waals surface area (Å²) in [6, 6.07) is 5.82. The van der Waals surface area contributed by atoms with Crippen molar-refractivity contribution < 1.29 is 19.4 Å². The first-order valence-electron chi connectivity index (χ1n) is 7.12. The Hall–Kier alpha value is -1.84. The first-order valence-corrected chi connectivity index (χ1v) is 7.12. The molecule has 1 rings (SSSR count). The molecule has 0 aromatic heterocycles. The van der Waals surface area contributed by atoms with Gasteiger partial charge in [0.1, 0.15) is 6.10 Å². The molecule has 0 fully saturated rings.